The second-order valence-corrected chi connectivity index (χ2v) is 14.5. The molecule has 16 heteroatoms. The number of thiophene rings is 1. The number of nitrogens with zero attached hydrogens (tertiary/aromatic N) is 3. The maximum absolute atomic E-state index is 14.3. The average Bonchev–Trinajstić information content (AvgIpc) is 3.50. The molecule has 1 unspecified atom stereocenters. The number of aliphatic hydroxyl groups is 1. The third kappa shape index (κ3) is 6.91. The van der Waals surface area contributed by atoms with Gasteiger partial charge in [0.2, 0.25) is 17.7 Å². The van der Waals surface area contributed by atoms with E-state index in [9.17, 15) is 37.6 Å². The third-order valence-corrected chi connectivity index (χ3v) is 9.78. The molecule has 0 spiro atoms. The van der Waals surface area contributed by atoms with Crippen molar-refractivity contribution in [2.45, 2.75) is 69.4 Å². The fraction of sp³-hybridized carbons (Fsp3) is 0.556. The summed E-state index contributed by atoms with van der Waals surface area (Å²) in [5.41, 5.74) is -6.48. The summed E-state index contributed by atoms with van der Waals surface area (Å²) in [6.07, 6.45) is 1.34. The molecule has 4 rings (SSSR count). The van der Waals surface area contributed by atoms with Crippen LogP contribution in [0.2, 0.25) is 0 Å². The number of hydrogen-bond donors (Lipinski definition) is 4. The molecule has 43 heavy (non-hydrogen) atoms. The Labute approximate surface area is 250 Å². The smallest absolute Gasteiger partial charge is 0.389 e. The molecule has 12 nitrogen and oxygen atoms in total. The largest absolute Gasteiger partial charge is 0.399 e. The normalized spacial score (nSPS) is 21.8. The first-order valence-electron chi connectivity index (χ1n) is 13.6. The summed E-state index contributed by atoms with van der Waals surface area (Å²) in [6.45, 7) is 4.68. The van der Waals surface area contributed by atoms with Crippen molar-refractivity contribution in [3.05, 3.63) is 34.7 Å². The van der Waals surface area contributed by atoms with Crippen LogP contribution in [0.25, 0.3) is 10.1 Å². The molecule has 1 aromatic heterocycles. The minimum absolute atomic E-state index is 0.0427. The van der Waals surface area contributed by atoms with E-state index in [0.29, 0.717) is 30.5 Å². The van der Waals surface area contributed by atoms with Crippen LogP contribution in [0.5, 0.6) is 0 Å². The van der Waals surface area contributed by atoms with Crippen molar-refractivity contribution < 1.29 is 47.4 Å². The Morgan fingerprint density at radius 2 is 1.84 bits per heavy atom. The highest BCUT2D eigenvalue weighted by Gasteiger charge is 2.50. The van der Waals surface area contributed by atoms with Gasteiger partial charge in [-0.05, 0) is 56.7 Å². The molecule has 2 saturated heterocycles. The van der Waals surface area contributed by atoms with E-state index < -0.39 is 48.3 Å². The maximum Gasteiger partial charge on any atom is 0.399 e. The summed E-state index contributed by atoms with van der Waals surface area (Å²) >= 11 is 0.932. The predicted molar refractivity (Wildman–Crippen MR) is 153 cm³/mol. The molecule has 3 atom stereocenters. The molecule has 1 aromatic carbocycles. The van der Waals surface area contributed by atoms with Crippen LogP contribution in [0, 0.1) is 0 Å². The van der Waals surface area contributed by atoms with Crippen LogP contribution in [0.15, 0.2) is 24.3 Å². The topological polar surface area (TPSA) is 168 Å². The Hall–Kier alpha value is -2.97. The molecule has 0 bridgehead atoms. The lowest BCUT2D eigenvalue weighted by Gasteiger charge is -2.39. The number of fused-ring (bicyclic) bond motifs is 2. The number of halogens is 2. The zero-order valence-electron chi connectivity index (χ0n) is 24.1. The maximum atomic E-state index is 14.3. The number of amides is 4. The minimum atomic E-state index is -5.79. The summed E-state index contributed by atoms with van der Waals surface area (Å²) < 4.78 is 40.2. The van der Waals surface area contributed by atoms with Gasteiger partial charge in [-0.2, -0.15) is 8.78 Å². The number of benzene rings is 1. The fourth-order valence-electron chi connectivity index (χ4n) is 5.66. The lowest BCUT2D eigenvalue weighted by atomic mass is 10.1. The highest BCUT2D eigenvalue weighted by Crippen LogP contribution is 2.59. The van der Waals surface area contributed by atoms with Crippen LogP contribution in [-0.4, -0.2) is 104 Å². The van der Waals surface area contributed by atoms with Crippen LogP contribution < -0.4 is 5.32 Å². The first-order chi connectivity index (χ1) is 19.8. The van der Waals surface area contributed by atoms with E-state index in [1.54, 1.807) is 20.9 Å². The van der Waals surface area contributed by atoms with Crippen molar-refractivity contribution in [2.75, 3.05) is 26.7 Å². The molecule has 4 N–H and O–H groups in total. The Morgan fingerprint density at radius 1 is 1.16 bits per heavy atom. The Kier molecular flexibility index (Phi) is 9.07. The molecule has 2 aromatic rings. The van der Waals surface area contributed by atoms with Gasteiger partial charge in [-0.1, -0.05) is 6.07 Å². The van der Waals surface area contributed by atoms with E-state index in [0.717, 1.165) is 23.5 Å². The second kappa shape index (κ2) is 11.8. The van der Waals surface area contributed by atoms with Crippen molar-refractivity contribution >= 4 is 52.6 Å². The van der Waals surface area contributed by atoms with E-state index in [1.165, 1.54) is 33.8 Å². The van der Waals surface area contributed by atoms with E-state index >= 15 is 0 Å². The summed E-state index contributed by atoms with van der Waals surface area (Å²) in [5.74, 6) is -1.90. The van der Waals surface area contributed by atoms with Gasteiger partial charge in [-0.3, -0.25) is 23.7 Å². The van der Waals surface area contributed by atoms with Crippen molar-refractivity contribution in [1.29, 1.82) is 0 Å². The molecular formula is C27H35F2N4O8PS. The van der Waals surface area contributed by atoms with Crippen LogP contribution >= 0.6 is 18.9 Å². The van der Waals surface area contributed by atoms with Crippen LogP contribution in [-0.2, 0) is 24.6 Å². The molecule has 236 valence electrons. The van der Waals surface area contributed by atoms with Gasteiger partial charge in [0, 0.05) is 49.9 Å². The SMILES string of the molecule is CC(=O)N1CC[C@H]2CC[C@@H](C(=O)N(C)CC(C)(C)O)N2C(=O)C(NC(=O)c2cc3cc(C(F)(F)P(=O)(O)O)ccc3s2)C1. The van der Waals surface area contributed by atoms with Crippen molar-refractivity contribution in [2.24, 2.45) is 0 Å². The quantitative estimate of drug-likeness (QED) is 0.333. The number of likely N-dealkylation sites (N-methyl/N-ethyl adjacent to an activating group) is 1. The number of carbonyl (C=O) groups excluding carboxylic acids is 4. The van der Waals surface area contributed by atoms with Crippen LogP contribution in [0.1, 0.15) is 55.3 Å². The third-order valence-electron chi connectivity index (χ3n) is 7.68. The molecule has 0 aliphatic carbocycles. The molecular weight excluding hydrogens is 609 g/mol. The van der Waals surface area contributed by atoms with Crippen molar-refractivity contribution in [1.82, 2.24) is 20.0 Å². The van der Waals surface area contributed by atoms with Gasteiger partial charge in [0.15, 0.2) is 0 Å². The lowest BCUT2D eigenvalue weighted by molar-refractivity contribution is -0.149. The molecule has 4 amide bonds. The zero-order valence-corrected chi connectivity index (χ0v) is 25.8. The monoisotopic (exact) mass is 644 g/mol. The van der Waals surface area contributed by atoms with Gasteiger partial charge < -0.3 is 34.9 Å². The fourth-order valence-corrected chi connectivity index (χ4v) is 7.08. The number of carbonyl (C=O) groups is 4. The number of nitrogens with one attached hydrogen (secondary N) is 1. The minimum Gasteiger partial charge on any atom is -0.389 e. The first-order valence-corrected chi connectivity index (χ1v) is 16.1. The van der Waals surface area contributed by atoms with Crippen molar-refractivity contribution in [3.8, 4) is 0 Å². The van der Waals surface area contributed by atoms with Gasteiger partial charge >= 0.3 is 13.3 Å². The van der Waals surface area contributed by atoms with E-state index in [2.05, 4.69) is 5.32 Å². The molecule has 2 aliphatic rings. The number of alkyl halides is 2. The Bertz CT molecular complexity index is 1490. The number of rotatable bonds is 7. The standard InChI is InChI=1S/C27H35F2N4O8PS/c1-15(34)32-10-9-18-6-7-20(25(37)31(4)14-26(2,3)38)33(18)24(36)19(13-32)30-23(35)22-12-16-11-17(5-8-21(16)43-22)27(28,29)42(39,40)41/h5,8,11-12,18-20,38H,6-7,9-10,13-14H2,1-4H3,(H,30,35)(H2,39,40,41)/t18-,19?,20+/m1/s1. The molecule has 0 radical (unpaired) electrons. The number of hydrogen-bond acceptors (Lipinski definition) is 7. The van der Waals surface area contributed by atoms with Gasteiger partial charge in [0.1, 0.15) is 12.1 Å². The Balaban J connectivity index is 1.61. The summed E-state index contributed by atoms with van der Waals surface area (Å²) in [5, 5.41) is 13.0. The second-order valence-electron chi connectivity index (χ2n) is 11.7. The Morgan fingerprint density at radius 3 is 2.44 bits per heavy atom. The summed E-state index contributed by atoms with van der Waals surface area (Å²) in [6, 6.07) is 1.90. The average molecular weight is 645 g/mol. The summed E-state index contributed by atoms with van der Waals surface area (Å²) in [4.78, 5) is 75.5. The highest BCUT2D eigenvalue weighted by atomic mass is 32.1. The van der Waals surface area contributed by atoms with Gasteiger partial charge in [0.05, 0.1) is 10.5 Å². The van der Waals surface area contributed by atoms with Gasteiger partial charge in [-0.25, -0.2) is 0 Å². The van der Waals surface area contributed by atoms with Crippen LogP contribution in [0.4, 0.5) is 8.78 Å². The van der Waals surface area contributed by atoms with E-state index in [4.69, 9.17) is 9.79 Å². The molecule has 0 saturated carbocycles. The molecule has 2 fully saturated rings. The van der Waals surface area contributed by atoms with Gasteiger partial charge in [-0.15, -0.1) is 11.3 Å². The molecule has 2 aliphatic heterocycles. The summed E-state index contributed by atoms with van der Waals surface area (Å²) in [7, 11) is -4.25. The van der Waals surface area contributed by atoms with Crippen molar-refractivity contribution in [3.63, 3.8) is 0 Å². The zero-order chi connectivity index (χ0) is 32.1. The predicted octanol–water partition coefficient (Wildman–Crippen LogP) is 2.07. The van der Waals surface area contributed by atoms with Gasteiger partial charge in [0.25, 0.3) is 5.91 Å². The van der Waals surface area contributed by atoms with E-state index in [1.807, 2.05) is 0 Å². The first kappa shape index (κ1) is 32.9. The van der Waals surface area contributed by atoms with E-state index in [-0.39, 0.29) is 41.2 Å². The lowest BCUT2D eigenvalue weighted by Crippen LogP contribution is -2.61. The highest BCUT2D eigenvalue weighted by molar-refractivity contribution is 7.52. The molecule has 3 heterocycles. The van der Waals surface area contributed by atoms with Crippen LogP contribution in [0.3, 0.4) is 0 Å².